The van der Waals surface area contributed by atoms with Crippen molar-refractivity contribution in [3.63, 3.8) is 0 Å². The maximum Gasteiger partial charge on any atom is 0.202 e. The van der Waals surface area contributed by atoms with Crippen molar-refractivity contribution >= 4 is 28.9 Å². The number of hydrogen-bond donors (Lipinski definition) is 1. The van der Waals surface area contributed by atoms with Gasteiger partial charge in [0.05, 0.1) is 5.69 Å². The van der Waals surface area contributed by atoms with Gasteiger partial charge in [0, 0.05) is 13.1 Å². The van der Waals surface area contributed by atoms with E-state index in [1.165, 1.54) is 0 Å². The summed E-state index contributed by atoms with van der Waals surface area (Å²) in [5.74, 6) is 1.74. The maximum atomic E-state index is 5.98. The first kappa shape index (κ1) is 12.3. The van der Waals surface area contributed by atoms with Gasteiger partial charge in [-0.3, -0.25) is 4.57 Å². The quantitative estimate of drug-likeness (QED) is 0.827. The number of aromatic nitrogens is 4. The van der Waals surface area contributed by atoms with Gasteiger partial charge in [-0.2, -0.15) is 16.9 Å². The van der Waals surface area contributed by atoms with Crippen LogP contribution in [0, 0.1) is 6.92 Å². The molecule has 0 radical (unpaired) electrons. The average molecular weight is 253 g/mol. The van der Waals surface area contributed by atoms with Crippen molar-refractivity contribution in [3.8, 4) is 0 Å². The Bertz CT molecular complexity index is 513. The van der Waals surface area contributed by atoms with Crippen molar-refractivity contribution in [2.75, 3.05) is 17.7 Å². The number of anilines is 1. The summed E-state index contributed by atoms with van der Waals surface area (Å²) in [4.78, 5) is 4.41. The molecule has 0 aliphatic heterocycles. The van der Waals surface area contributed by atoms with Crippen LogP contribution >= 0.6 is 11.8 Å². The lowest BCUT2D eigenvalue weighted by Gasteiger charge is -2.07. The second-order valence-corrected chi connectivity index (χ2v) is 5.03. The SMILES string of the molecule is CCn1nc(C)c2nc(N)n(CCCSC)c21. The molecule has 0 aliphatic rings. The minimum atomic E-state index is 0.601. The van der Waals surface area contributed by atoms with Crippen molar-refractivity contribution in [2.45, 2.75) is 33.4 Å². The van der Waals surface area contributed by atoms with Crippen LogP contribution in [0.5, 0.6) is 0 Å². The molecule has 2 heterocycles. The molecule has 2 N–H and O–H groups in total. The summed E-state index contributed by atoms with van der Waals surface area (Å²) in [6.07, 6.45) is 3.22. The average Bonchev–Trinajstić information content (AvgIpc) is 2.79. The van der Waals surface area contributed by atoms with Gasteiger partial charge >= 0.3 is 0 Å². The van der Waals surface area contributed by atoms with Crippen LogP contribution in [0.4, 0.5) is 5.95 Å². The molecule has 17 heavy (non-hydrogen) atoms. The fourth-order valence-corrected chi connectivity index (χ4v) is 2.47. The zero-order chi connectivity index (χ0) is 12.4. The highest BCUT2D eigenvalue weighted by Gasteiger charge is 2.15. The number of aryl methyl sites for hydroxylation is 3. The number of nitrogen functional groups attached to an aromatic ring is 1. The molecule has 0 unspecified atom stereocenters. The summed E-state index contributed by atoms with van der Waals surface area (Å²) in [5.41, 5.74) is 8.93. The third-order valence-electron chi connectivity index (χ3n) is 2.86. The fourth-order valence-electron chi connectivity index (χ4n) is 2.05. The summed E-state index contributed by atoms with van der Waals surface area (Å²) >= 11 is 1.85. The molecule has 0 fully saturated rings. The molecule has 0 amide bonds. The monoisotopic (exact) mass is 253 g/mol. The highest BCUT2D eigenvalue weighted by atomic mass is 32.2. The number of rotatable bonds is 5. The standard InChI is InChI=1S/C11H19N5S/c1-4-16-10-9(8(2)14-16)13-11(12)15(10)6-5-7-17-3/h4-7H2,1-3H3,(H2,12,13). The summed E-state index contributed by atoms with van der Waals surface area (Å²) in [6, 6.07) is 0. The Labute approximate surface area is 105 Å². The zero-order valence-corrected chi connectivity index (χ0v) is 11.4. The number of thioether (sulfide) groups is 1. The van der Waals surface area contributed by atoms with E-state index in [0.29, 0.717) is 5.95 Å². The van der Waals surface area contributed by atoms with Crippen LogP contribution in [0.25, 0.3) is 11.2 Å². The first-order valence-electron chi connectivity index (χ1n) is 5.87. The molecule has 0 aromatic carbocycles. The molecular formula is C11H19N5S. The van der Waals surface area contributed by atoms with Crippen LogP contribution in [-0.2, 0) is 13.1 Å². The number of hydrogen-bond acceptors (Lipinski definition) is 4. The number of nitrogens with two attached hydrogens (primary N) is 1. The predicted octanol–water partition coefficient (Wildman–Crippen LogP) is 1.90. The van der Waals surface area contributed by atoms with E-state index in [4.69, 9.17) is 5.73 Å². The third kappa shape index (κ3) is 2.13. The van der Waals surface area contributed by atoms with Gasteiger partial charge in [0.2, 0.25) is 5.95 Å². The zero-order valence-electron chi connectivity index (χ0n) is 10.6. The van der Waals surface area contributed by atoms with Crippen molar-refractivity contribution in [1.29, 1.82) is 0 Å². The summed E-state index contributed by atoms with van der Waals surface area (Å²) in [7, 11) is 0. The van der Waals surface area contributed by atoms with Crippen LogP contribution in [0.3, 0.4) is 0 Å². The van der Waals surface area contributed by atoms with Crippen LogP contribution in [0.1, 0.15) is 19.0 Å². The van der Waals surface area contributed by atoms with Gasteiger partial charge in [-0.15, -0.1) is 0 Å². The smallest absolute Gasteiger partial charge is 0.202 e. The Morgan fingerprint density at radius 2 is 2.18 bits per heavy atom. The molecule has 2 aromatic heterocycles. The predicted molar refractivity (Wildman–Crippen MR) is 73.3 cm³/mol. The third-order valence-corrected chi connectivity index (χ3v) is 3.55. The lowest BCUT2D eigenvalue weighted by Crippen LogP contribution is -2.09. The van der Waals surface area contributed by atoms with Crippen molar-refractivity contribution < 1.29 is 0 Å². The largest absolute Gasteiger partial charge is 0.369 e. The molecule has 0 spiro atoms. The topological polar surface area (TPSA) is 61.7 Å². The van der Waals surface area contributed by atoms with Gasteiger partial charge in [0.1, 0.15) is 5.52 Å². The van der Waals surface area contributed by atoms with Crippen LogP contribution in [0.15, 0.2) is 0 Å². The van der Waals surface area contributed by atoms with Crippen molar-refractivity contribution in [2.24, 2.45) is 0 Å². The summed E-state index contributed by atoms with van der Waals surface area (Å²) in [6.45, 7) is 5.82. The molecule has 5 nitrogen and oxygen atoms in total. The molecule has 6 heteroatoms. The number of fused-ring (bicyclic) bond motifs is 1. The van der Waals surface area contributed by atoms with Gasteiger partial charge in [0.25, 0.3) is 0 Å². The second kappa shape index (κ2) is 5.00. The normalized spacial score (nSPS) is 11.5. The van der Waals surface area contributed by atoms with E-state index in [2.05, 4.69) is 27.8 Å². The van der Waals surface area contributed by atoms with Crippen molar-refractivity contribution in [3.05, 3.63) is 5.69 Å². The highest BCUT2D eigenvalue weighted by Crippen LogP contribution is 2.21. The molecule has 2 aromatic rings. The van der Waals surface area contributed by atoms with E-state index in [1.807, 2.05) is 23.4 Å². The summed E-state index contributed by atoms with van der Waals surface area (Å²) in [5, 5.41) is 4.47. The van der Waals surface area contributed by atoms with Crippen LogP contribution in [-0.4, -0.2) is 31.3 Å². The highest BCUT2D eigenvalue weighted by molar-refractivity contribution is 7.98. The minimum Gasteiger partial charge on any atom is -0.369 e. The van der Waals surface area contributed by atoms with Crippen molar-refractivity contribution in [1.82, 2.24) is 19.3 Å². The van der Waals surface area contributed by atoms with E-state index < -0.39 is 0 Å². The van der Waals surface area contributed by atoms with E-state index in [9.17, 15) is 0 Å². The first-order valence-corrected chi connectivity index (χ1v) is 7.26. The Morgan fingerprint density at radius 3 is 2.82 bits per heavy atom. The Morgan fingerprint density at radius 1 is 1.41 bits per heavy atom. The Hall–Kier alpha value is -1.17. The van der Waals surface area contributed by atoms with E-state index in [-0.39, 0.29) is 0 Å². The minimum absolute atomic E-state index is 0.601. The molecule has 0 aliphatic carbocycles. The fraction of sp³-hybridized carbons (Fsp3) is 0.636. The van der Waals surface area contributed by atoms with E-state index in [0.717, 1.165) is 42.1 Å². The van der Waals surface area contributed by atoms with Crippen LogP contribution < -0.4 is 5.73 Å². The number of imidazole rings is 1. The van der Waals surface area contributed by atoms with Gasteiger partial charge in [-0.25, -0.2) is 9.67 Å². The first-order chi connectivity index (χ1) is 8.19. The molecule has 0 saturated heterocycles. The molecule has 0 saturated carbocycles. The number of nitrogens with zero attached hydrogens (tertiary/aromatic N) is 4. The summed E-state index contributed by atoms with van der Waals surface area (Å²) < 4.78 is 4.06. The molecule has 94 valence electrons. The van der Waals surface area contributed by atoms with Crippen LogP contribution in [0.2, 0.25) is 0 Å². The lowest BCUT2D eigenvalue weighted by atomic mass is 10.4. The second-order valence-electron chi connectivity index (χ2n) is 4.04. The van der Waals surface area contributed by atoms with Gasteiger partial charge in [-0.1, -0.05) is 0 Å². The lowest BCUT2D eigenvalue weighted by molar-refractivity contribution is 0.627. The molecule has 0 atom stereocenters. The molecule has 0 bridgehead atoms. The molecular weight excluding hydrogens is 234 g/mol. The van der Waals surface area contributed by atoms with Gasteiger partial charge < -0.3 is 5.73 Å². The maximum absolute atomic E-state index is 5.98. The van der Waals surface area contributed by atoms with E-state index >= 15 is 0 Å². The Kier molecular flexibility index (Phi) is 3.61. The molecule has 2 rings (SSSR count). The van der Waals surface area contributed by atoms with Gasteiger partial charge in [-0.05, 0) is 32.3 Å². The Balaban J connectivity index is 2.41. The van der Waals surface area contributed by atoms with Gasteiger partial charge in [0.15, 0.2) is 5.65 Å². The van der Waals surface area contributed by atoms with E-state index in [1.54, 1.807) is 0 Å².